The molecule has 1 heterocycles. The minimum absolute atomic E-state index is 0.116. The van der Waals surface area contributed by atoms with Gasteiger partial charge in [-0.1, -0.05) is 6.07 Å². The molecule has 1 amide bonds. The van der Waals surface area contributed by atoms with E-state index in [1.54, 1.807) is 30.0 Å². The van der Waals surface area contributed by atoms with Crippen molar-refractivity contribution in [3.63, 3.8) is 0 Å². The van der Waals surface area contributed by atoms with Crippen LogP contribution in [-0.4, -0.2) is 41.9 Å². The molecule has 1 aromatic carbocycles. The number of carbonyl (C=O) groups is 1. The first-order valence-corrected chi connectivity index (χ1v) is 9.39. The lowest BCUT2D eigenvalue weighted by atomic mass is 10.2. The van der Waals surface area contributed by atoms with Gasteiger partial charge in [0.1, 0.15) is 0 Å². The number of rotatable bonds is 5. The van der Waals surface area contributed by atoms with Crippen LogP contribution in [0.15, 0.2) is 23.1 Å². The highest BCUT2D eigenvalue weighted by atomic mass is 32.2. The number of benzene rings is 1. The van der Waals surface area contributed by atoms with Crippen LogP contribution in [0.2, 0.25) is 0 Å². The van der Waals surface area contributed by atoms with Gasteiger partial charge >= 0.3 is 6.18 Å². The average Bonchev–Trinajstić information content (AvgIpc) is 2.46. The van der Waals surface area contributed by atoms with Gasteiger partial charge < -0.3 is 10.6 Å². The van der Waals surface area contributed by atoms with Crippen LogP contribution in [0.4, 0.5) is 18.9 Å². The van der Waals surface area contributed by atoms with Gasteiger partial charge in [-0.15, -0.1) is 11.8 Å². The minimum atomic E-state index is -4.24. The van der Waals surface area contributed by atoms with Crippen LogP contribution in [0.5, 0.6) is 0 Å². The van der Waals surface area contributed by atoms with Gasteiger partial charge in [-0.25, -0.2) is 0 Å². The van der Waals surface area contributed by atoms with E-state index in [-0.39, 0.29) is 11.9 Å². The van der Waals surface area contributed by atoms with Crippen molar-refractivity contribution in [3.05, 3.63) is 23.8 Å². The van der Waals surface area contributed by atoms with Gasteiger partial charge in [-0.2, -0.15) is 24.9 Å². The van der Waals surface area contributed by atoms with Crippen LogP contribution < -0.4 is 10.6 Å². The highest BCUT2D eigenvalue weighted by Gasteiger charge is 2.28. The van der Waals surface area contributed by atoms with E-state index in [1.165, 1.54) is 0 Å². The summed E-state index contributed by atoms with van der Waals surface area (Å²) in [4.78, 5) is 12.6. The fraction of sp³-hybridized carbons (Fsp3) is 0.533. The molecule has 8 heteroatoms. The molecule has 1 aliphatic heterocycles. The summed E-state index contributed by atoms with van der Waals surface area (Å²) in [6, 6.07) is 5.19. The van der Waals surface area contributed by atoms with E-state index in [0.717, 1.165) is 23.6 Å². The molecule has 0 spiro atoms. The van der Waals surface area contributed by atoms with Crippen LogP contribution in [-0.2, 0) is 4.79 Å². The second kappa shape index (κ2) is 8.30. The van der Waals surface area contributed by atoms with Crippen LogP contribution in [0, 0.1) is 6.92 Å². The monoisotopic (exact) mass is 364 g/mol. The Labute approximate surface area is 142 Å². The number of alkyl halides is 3. The summed E-state index contributed by atoms with van der Waals surface area (Å²) in [5.41, 5.74) is 1.34. The molecule has 2 N–H and O–H groups in total. The Hall–Kier alpha value is -0.860. The molecular weight excluding hydrogens is 345 g/mol. The maximum atomic E-state index is 12.4. The number of hydrogen-bond donors (Lipinski definition) is 2. The second-order valence-corrected chi connectivity index (χ2v) is 7.55. The van der Waals surface area contributed by atoms with Crippen molar-refractivity contribution in [1.29, 1.82) is 0 Å². The Morgan fingerprint density at radius 1 is 1.48 bits per heavy atom. The highest BCUT2D eigenvalue weighted by molar-refractivity contribution is 7.99. The van der Waals surface area contributed by atoms with E-state index in [1.807, 2.05) is 6.92 Å². The predicted molar refractivity (Wildman–Crippen MR) is 90.3 cm³/mol. The average molecular weight is 364 g/mol. The van der Waals surface area contributed by atoms with Gasteiger partial charge in [0.05, 0.1) is 11.4 Å². The summed E-state index contributed by atoms with van der Waals surface area (Å²) >= 11 is 2.49. The van der Waals surface area contributed by atoms with Crippen LogP contribution >= 0.6 is 23.5 Å². The molecule has 1 aromatic rings. The van der Waals surface area contributed by atoms with Gasteiger partial charge in [-0.05, 0) is 24.6 Å². The number of nitrogens with one attached hydrogen (secondary N) is 2. The lowest BCUT2D eigenvalue weighted by molar-refractivity contribution is -0.116. The van der Waals surface area contributed by atoms with Crippen molar-refractivity contribution in [2.75, 3.05) is 29.1 Å². The zero-order valence-electron chi connectivity index (χ0n) is 12.7. The SMILES string of the molecule is Cc1ccc(SCC(F)(F)F)c(NC(=O)CC2CSCCN2)c1. The highest BCUT2D eigenvalue weighted by Crippen LogP contribution is 2.33. The molecule has 128 valence electrons. The zero-order valence-corrected chi connectivity index (χ0v) is 14.3. The molecular formula is C15H19F3N2OS2. The summed E-state index contributed by atoms with van der Waals surface area (Å²) < 4.78 is 37.2. The third kappa shape index (κ3) is 6.64. The van der Waals surface area contributed by atoms with Crippen molar-refractivity contribution in [2.45, 2.75) is 30.5 Å². The molecule has 0 aliphatic carbocycles. The Balaban J connectivity index is 1.99. The maximum Gasteiger partial charge on any atom is 0.398 e. The Bertz CT molecular complexity index is 546. The zero-order chi connectivity index (χ0) is 16.9. The summed E-state index contributed by atoms with van der Waals surface area (Å²) in [5.74, 6) is 0.759. The molecule has 1 atom stereocenters. The molecule has 1 aliphatic rings. The van der Waals surface area contributed by atoms with Crippen molar-refractivity contribution < 1.29 is 18.0 Å². The predicted octanol–water partition coefficient (Wildman–Crippen LogP) is 3.68. The van der Waals surface area contributed by atoms with Gasteiger partial charge in [0.25, 0.3) is 0 Å². The number of halogens is 3. The van der Waals surface area contributed by atoms with E-state index in [2.05, 4.69) is 10.6 Å². The van der Waals surface area contributed by atoms with Crippen molar-refractivity contribution in [3.8, 4) is 0 Å². The number of carbonyl (C=O) groups excluding carboxylic acids is 1. The largest absolute Gasteiger partial charge is 0.398 e. The van der Waals surface area contributed by atoms with E-state index in [4.69, 9.17) is 0 Å². The van der Waals surface area contributed by atoms with Gasteiger partial charge in [0.15, 0.2) is 0 Å². The molecule has 0 aromatic heterocycles. The smallest absolute Gasteiger partial charge is 0.325 e. The molecule has 3 nitrogen and oxygen atoms in total. The van der Waals surface area contributed by atoms with Crippen LogP contribution in [0.25, 0.3) is 0 Å². The third-order valence-electron chi connectivity index (χ3n) is 3.23. The lowest BCUT2D eigenvalue weighted by Crippen LogP contribution is -2.39. The number of amides is 1. The minimum Gasteiger partial charge on any atom is -0.325 e. The molecule has 0 bridgehead atoms. The van der Waals surface area contributed by atoms with Crippen LogP contribution in [0.1, 0.15) is 12.0 Å². The van der Waals surface area contributed by atoms with E-state index < -0.39 is 11.9 Å². The van der Waals surface area contributed by atoms with Gasteiger partial charge in [-0.3, -0.25) is 4.79 Å². The van der Waals surface area contributed by atoms with Crippen molar-refractivity contribution >= 4 is 35.1 Å². The van der Waals surface area contributed by atoms with Gasteiger partial charge in [0.2, 0.25) is 5.91 Å². The molecule has 23 heavy (non-hydrogen) atoms. The Morgan fingerprint density at radius 3 is 2.91 bits per heavy atom. The number of aryl methyl sites for hydroxylation is 1. The summed E-state index contributed by atoms with van der Waals surface area (Å²) in [5, 5.41) is 6.03. The molecule has 2 rings (SSSR count). The topological polar surface area (TPSA) is 41.1 Å². The standard InChI is InChI=1S/C15H19F3N2OS2/c1-10-2-3-13(23-9-15(16,17)18)12(6-10)20-14(21)7-11-8-22-5-4-19-11/h2-3,6,11,19H,4-5,7-9H2,1H3,(H,20,21). The molecule has 0 saturated carbocycles. The first kappa shape index (κ1) is 18.5. The third-order valence-corrected chi connectivity index (χ3v) is 5.50. The van der Waals surface area contributed by atoms with Gasteiger partial charge in [0, 0.05) is 35.4 Å². The maximum absolute atomic E-state index is 12.4. The van der Waals surface area contributed by atoms with E-state index in [9.17, 15) is 18.0 Å². The fourth-order valence-electron chi connectivity index (χ4n) is 2.20. The Morgan fingerprint density at radius 2 is 2.26 bits per heavy atom. The Kier molecular flexibility index (Phi) is 6.67. The molecule has 1 fully saturated rings. The number of thioether (sulfide) groups is 2. The lowest BCUT2D eigenvalue weighted by Gasteiger charge is -2.22. The van der Waals surface area contributed by atoms with E-state index >= 15 is 0 Å². The summed E-state index contributed by atoms with van der Waals surface area (Å²) in [7, 11) is 0. The first-order chi connectivity index (χ1) is 10.8. The normalized spacial score (nSPS) is 18.7. The molecule has 1 saturated heterocycles. The summed E-state index contributed by atoms with van der Waals surface area (Å²) in [6.07, 6.45) is -3.91. The fourth-order valence-corrected chi connectivity index (χ4v) is 3.90. The quantitative estimate of drug-likeness (QED) is 0.782. The first-order valence-electron chi connectivity index (χ1n) is 7.25. The van der Waals surface area contributed by atoms with Crippen LogP contribution in [0.3, 0.4) is 0 Å². The number of hydrogen-bond acceptors (Lipinski definition) is 4. The molecule has 0 radical (unpaired) electrons. The number of anilines is 1. The van der Waals surface area contributed by atoms with E-state index in [0.29, 0.717) is 28.8 Å². The molecule has 1 unspecified atom stereocenters. The summed E-state index contributed by atoms with van der Waals surface area (Å²) in [6.45, 7) is 2.72. The van der Waals surface area contributed by atoms with Crippen molar-refractivity contribution in [2.24, 2.45) is 0 Å². The van der Waals surface area contributed by atoms with Crippen molar-refractivity contribution in [1.82, 2.24) is 5.32 Å². The second-order valence-electron chi connectivity index (χ2n) is 5.38.